The van der Waals surface area contributed by atoms with E-state index in [1.807, 2.05) is 43.3 Å². The minimum Gasteiger partial charge on any atom is -0.464 e. The lowest BCUT2D eigenvalue weighted by Crippen LogP contribution is -2.63. The lowest BCUT2D eigenvalue weighted by atomic mass is 9.84. The van der Waals surface area contributed by atoms with E-state index in [1.54, 1.807) is 20.4 Å². The maximum absolute atomic E-state index is 14.6. The van der Waals surface area contributed by atoms with Gasteiger partial charge in [-0.3, -0.25) is 29.3 Å². The van der Waals surface area contributed by atoms with Gasteiger partial charge in [0.2, 0.25) is 5.91 Å². The van der Waals surface area contributed by atoms with Crippen LogP contribution >= 0.6 is 11.3 Å². The topological polar surface area (TPSA) is 154 Å². The lowest BCUT2D eigenvalue weighted by Gasteiger charge is -2.43. The molecule has 1 aromatic carbocycles. The average Bonchev–Trinajstić information content (AvgIpc) is 3.79. The molecule has 1 aliphatic carbocycles. The Morgan fingerprint density at radius 3 is 2.62 bits per heavy atom. The second kappa shape index (κ2) is 18.2. The predicted molar refractivity (Wildman–Crippen MR) is 247 cm³/mol. The zero-order chi connectivity index (χ0) is 45.7. The fourth-order valence-corrected chi connectivity index (χ4v) is 10.9. The van der Waals surface area contributed by atoms with Crippen LogP contribution in [-0.2, 0) is 43.2 Å². The molecule has 3 aromatic heterocycles. The molecule has 6 bridgehead atoms. The third-order valence-electron chi connectivity index (χ3n) is 13.9. The van der Waals surface area contributed by atoms with Crippen molar-refractivity contribution in [1.29, 1.82) is 0 Å². The van der Waals surface area contributed by atoms with Gasteiger partial charge in [0, 0.05) is 104 Å². The van der Waals surface area contributed by atoms with Crippen molar-refractivity contribution in [3.63, 3.8) is 0 Å². The summed E-state index contributed by atoms with van der Waals surface area (Å²) in [6.45, 7) is 15.4. The first-order valence-electron chi connectivity index (χ1n) is 22.9. The number of esters is 1. The molecule has 3 aliphatic heterocycles. The third-order valence-corrected chi connectivity index (χ3v) is 14.8. The highest BCUT2D eigenvalue weighted by Crippen LogP contribution is 2.44. The van der Waals surface area contributed by atoms with Gasteiger partial charge >= 0.3 is 12.0 Å². The largest absolute Gasteiger partial charge is 0.464 e. The number of likely N-dealkylation sites (N-methyl/N-ethyl adjacent to an activating group) is 2. The number of urea groups is 1. The van der Waals surface area contributed by atoms with Crippen LogP contribution in [-0.4, -0.2) is 136 Å². The molecular formula is C48H65N9O6S. The SMILES string of the molecule is CCn1c(-c2cnccc2[C@H](C)OC)c2c3cc(ccc31)-c1csc(n1)C[C@H](NC(=O)[C@H](C(C)C)N(C)C(=O)N1CCN(C)C3(CC3)C1)C(=O)N1CCC[C@H](N1)C(=O)OCC(C)(C)C2. The maximum Gasteiger partial charge on any atom is 0.324 e. The number of nitrogens with one attached hydrogen (secondary N) is 2. The number of cyclic esters (lactones) is 1. The molecule has 0 radical (unpaired) electrons. The van der Waals surface area contributed by atoms with Gasteiger partial charge in [0.25, 0.3) is 5.91 Å². The summed E-state index contributed by atoms with van der Waals surface area (Å²) in [5, 5.41) is 8.27. The number of benzene rings is 1. The Bertz CT molecular complexity index is 2410. The van der Waals surface area contributed by atoms with Gasteiger partial charge in [-0.05, 0) is 88.2 Å². The first kappa shape index (κ1) is 45.7. The second-order valence-electron chi connectivity index (χ2n) is 19.4. The van der Waals surface area contributed by atoms with Gasteiger partial charge in [-0.2, -0.15) is 0 Å². The van der Waals surface area contributed by atoms with Crippen LogP contribution in [0.4, 0.5) is 4.79 Å². The predicted octanol–water partition coefficient (Wildman–Crippen LogP) is 6.06. The van der Waals surface area contributed by atoms with E-state index in [0.717, 1.165) is 63.9 Å². The maximum atomic E-state index is 14.6. The molecule has 4 aromatic rings. The van der Waals surface area contributed by atoms with Crippen molar-refractivity contribution in [1.82, 2.24) is 45.0 Å². The van der Waals surface area contributed by atoms with Gasteiger partial charge in [-0.15, -0.1) is 11.3 Å². The number of nitrogens with zero attached hydrogens (tertiary/aromatic N) is 7. The van der Waals surface area contributed by atoms with Crippen LogP contribution in [0, 0.1) is 11.3 Å². The molecular weight excluding hydrogens is 831 g/mol. The number of rotatable bonds is 8. The van der Waals surface area contributed by atoms with Crippen molar-refractivity contribution in [2.45, 2.75) is 116 Å². The highest BCUT2D eigenvalue weighted by atomic mass is 32.1. The lowest BCUT2D eigenvalue weighted by molar-refractivity contribution is -0.155. The van der Waals surface area contributed by atoms with E-state index in [-0.39, 0.29) is 42.5 Å². The van der Waals surface area contributed by atoms with Crippen molar-refractivity contribution in [2.24, 2.45) is 11.3 Å². The van der Waals surface area contributed by atoms with E-state index in [2.05, 4.69) is 71.2 Å². The number of amides is 4. The Balaban J connectivity index is 1.16. The number of ether oxygens (including phenoxy) is 2. The first-order valence-corrected chi connectivity index (χ1v) is 23.8. The Morgan fingerprint density at radius 2 is 1.91 bits per heavy atom. The number of aromatic nitrogens is 3. The van der Waals surface area contributed by atoms with Crippen molar-refractivity contribution in [2.75, 3.05) is 54.0 Å². The van der Waals surface area contributed by atoms with Crippen LogP contribution in [0.5, 0.6) is 0 Å². The molecule has 0 unspecified atom stereocenters. The summed E-state index contributed by atoms with van der Waals surface area (Å²) in [6.07, 6.45) is 7.42. The Labute approximate surface area is 380 Å². The smallest absolute Gasteiger partial charge is 0.324 e. The molecule has 16 heteroatoms. The number of hydrogen-bond acceptors (Lipinski definition) is 11. The normalized spacial score (nSPS) is 22.3. The second-order valence-corrected chi connectivity index (χ2v) is 20.4. The van der Waals surface area contributed by atoms with E-state index in [4.69, 9.17) is 14.5 Å². The number of hydrazine groups is 1. The number of hydrogen-bond donors (Lipinski definition) is 2. The van der Waals surface area contributed by atoms with Crippen LogP contribution in [0.25, 0.3) is 33.4 Å². The molecule has 2 saturated heterocycles. The highest BCUT2D eigenvalue weighted by Gasteiger charge is 2.51. The highest BCUT2D eigenvalue weighted by molar-refractivity contribution is 7.10. The Kier molecular flexibility index (Phi) is 13.0. The van der Waals surface area contributed by atoms with Gasteiger partial charge in [0.1, 0.15) is 18.1 Å². The number of pyridine rings is 1. The van der Waals surface area contributed by atoms with E-state index in [9.17, 15) is 19.2 Å². The summed E-state index contributed by atoms with van der Waals surface area (Å²) in [7, 11) is 5.51. The molecule has 8 rings (SSSR count). The quantitative estimate of drug-likeness (QED) is 0.200. The summed E-state index contributed by atoms with van der Waals surface area (Å²) >= 11 is 1.44. The molecule has 4 amide bonds. The van der Waals surface area contributed by atoms with Crippen LogP contribution in [0.1, 0.15) is 89.5 Å². The third kappa shape index (κ3) is 8.90. The molecule has 344 valence electrons. The molecule has 4 atom stereocenters. The summed E-state index contributed by atoms with van der Waals surface area (Å²) in [4.78, 5) is 72.5. The van der Waals surface area contributed by atoms with Crippen LogP contribution in [0.3, 0.4) is 0 Å². The monoisotopic (exact) mass is 895 g/mol. The van der Waals surface area contributed by atoms with Crippen molar-refractivity contribution >= 4 is 46.1 Å². The minimum absolute atomic E-state index is 0.0255. The van der Waals surface area contributed by atoms with Crippen molar-refractivity contribution < 1.29 is 28.7 Å². The molecule has 64 heavy (non-hydrogen) atoms. The van der Waals surface area contributed by atoms with Crippen LogP contribution in [0.15, 0.2) is 42.0 Å². The standard InChI is InChI=1S/C48H65N9O6S/c1-10-56-39-14-13-31-22-33(39)34(42(56)35-25-49-18-15-32(35)30(4)62-9)24-47(5,6)28-63-45(60)36-12-11-19-57(52-36)44(59)37(23-40-50-38(31)26-64-40)51-43(58)41(29(2)3)54(8)46(61)55-21-20-53(7)48(27-55)16-17-48/h13-15,18,22,25-26,29-30,36-37,41,52H,10-12,16-17,19-21,23-24,27-28H2,1-9H3,(H,51,58)/t30-,36-,37-,41-/m0/s1. The summed E-state index contributed by atoms with van der Waals surface area (Å²) in [5.74, 6) is -1.48. The zero-order valence-corrected chi connectivity index (χ0v) is 39.7. The van der Waals surface area contributed by atoms with Gasteiger partial charge in [-0.1, -0.05) is 33.8 Å². The Morgan fingerprint density at radius 1 is 1.12 bits per heavy atom. The van der Waals surface area contributed by atoms with Gasteiger partial charge in [-0.25, -0.2) is 15.2 Å². The summed E-state index contributed by atoms with van der Waals surface area (Å²) in [6, 6.07) is 5.62. The van der Waals surface area contributed by atoms with Gasteiger partial charge in [0.15, 0.2) is 0 Å². The number of aryl methyl sites for hydroxylation is 1. The number of thiazole rings is 1. The van der Waals surface area contributed by atoms with Crippen molar-refractivity contribution in [3.8, 4) is 22.5 Å². The number of fused-ring (bicyclic) bond motifs is 6. The molecule has 15 nitrogen and oxygen atoms in total. The molecule has 3 fully saturated rings. The molecule has 2 N–H and O–H groups in total. The van der Waals surface area contributed by atoms with Crippen LogP contribution in [0.2, 0.25) is 0 Å². The number of carbonyl (C=O) groups is 4. The van der Waals surface area contributed by atoms with Crippen LogP contribution < -0.4 is 10.7 Å². The first-order chi connectivity index (χ1) is 30.5. The molecule has 6 heterocycles. The van der Waals surface area contributed by atoms with Gasteiger partial charge in [0.05, 0.1) is 29.1 Å². The molecule has 1 spiro atoms. The fourth-order valence-electron chi connectivity index (χ4n) is 10.0. The molecule has 4 aliphatic rings. The zero-order valence-electron chi connectivity index (χ0n) is 38.9. The molecule has 1 saturated carbocycles. The fraction of sp³-hybridized carbons (Fsp3) is 0.583. The number of methoxy groups -OCH3 is 1. The summed E-state index contributed by atoms with van der Waals surface area (Å²) in [5.41, 5.74) is 9.64. The number of piperazine rings is 1. The minimum atomic E-state index is -1.03. The van der Waals surface area contributed by atoms with E-state index in [1.165, 1.54) is 21.2 Å². The van der Waals surface area contributed by atoms with E-state index < -0.39 is 35.4 Å². The van der Waals surface area contributed by atoms with E-state index >= 15 is 0 Å². The summed E-state index contributed by atoms with van der Waals surface area (Å²) < 4.78 is 14.3. The van der Waals surface area contributed by atoms with Gasteiger partial charge < -0.3 is 29.2 Å². The number of carbonyl (C=O) groups excluding carboxylic acids is 4. The van der Waals surface area contributed by atoms with E-state index in [0.29, 0.717) is 50.4 Å². The van der Waals surface area contributed by atoms with Crippen molar-refractivity contribution in [3.05, 3.63) is 58.2 Å². The Hall–Kier alpha value is -4.90. The average molecular weight is 896 g/mol.